The molecule has 0 saturated carbocycles. The van der Waals surface area contributed by atoms with Crippen molar-refractivity contribution in [2.24, 2.45) is 0 Å². The van der Waals surface area contributed by atoms with Crippen molar-refractivity contribution < 1.29 is 14.7 Å². The molecule has 0 fully saturated rings. The number of thioether (sulfide) groups is 1. The molecule has 132 valence electrons. The molecule has 2 aromatic carbocycles. The van der Waals surface area contributed by atoms with E-state index >= 15 is 0 Å². The standard InChI is InChI=1S/C16H12BrN5O3S/c17-11-3-7-13(8-4-11)22-16(19-20-21-22)26-9-14(23)18-12-5-1-10(2-6-12)15(24)25/h1-8H,9H2,(H,18,23)(H,24,25). The van der Waals surface area contributed by atoms with Gasteiger partial charge >= 0.3 is 5.97 Å². The molecule has 0 aliphatic rings. The predicted molar refractivity (Wildman–Crippen MR) is 99.6 cm³/mol. The van der Waals surface area contributed by atoms with Crippen molar-refractivity contribution in [3.05, 3.63) is 58.6 Å². The normalized spacial score (nSPS) is 10.5. The van der Waals surface area contributed by atoms with Crippen molar-refractivity contribution in [1.29, 1.82) is 0 Å². The van der Waals surface area contributed by atoms with Gasteiger partial charge in [0.2, 0.25) is 11.1 Å². The molecule has 1 heterocycles. The molecule has 3 aromatic rings. The summed E-state index contributed by atoms with van der Waals surface area (Å²) in [6, 6.07) is 13.4. The third-order valence-corrected chi connectivity index (χ3v) is 4.71. The van der Waals surface area contributed by atoms with Crippen molar-refractivity contribution in [2.45, 2.75) is 5.16 Å². The number of aromatic nitrogens is 4. The van der Waals surface area contributed by atoms with Crippen LogP contribution in [0, 0.1) is 0 Å². The van der Waals surface area contributed by atoms with Crippen LogP contribution < -0.4 is 5.32 Å². The van der Waals surface area contributed by atoms with Gasteiger partial charge in [-0.3, -0.25) is 4.79 Å². The average Bonchev–Trinajstić information content (AvgIpc) is 3.09. The number of carbonyl (C=O) groups is 2. The summed E-state index contributed by atoms with van der Waals surface area (Å²) in [7, 11) is 0. The first kappa shape index (κ1) is 18.1. The number of carbonyl (C=O) groups excluding carboxylic acids is 1. The molecule has 0 atom stereocenters. The van der Waals surface area contributed by atoms with E-state index in [0.29, 0.717) is 10.8 Å². The second kappa shape index (κ2) is 8.11. The minimum atomic E-state index is -1.02. The SMILES string of the molecule is O=C(CSc1nnnn1-c1ccc(Br)cc1)Nc1ccc(C(=O)O)cc1. The first-order valence-electron chi connectivity index (χ1n) is 7.33. The molecule has 0 aliphatic heterocycles. The Morgan fingerprint density at radius 2 is 1.81 bits per heavy atom. The summed E-state index contributed by atoms with van der Waals surface area (Å²) in [6.45, 7) is 0. The van der Waals surface area contributed by atoms with Crippen LogP contribution in [0.15, 0.2) is 58.2 Å². The van der Waals surface area contributed by atoms with E-state index in [1.165, 1.54) is 36.0 Å². The van der Waals surface area contributed by atoms with Crippen LogP contribution in [0.5, 0.6) is 0 Å². The monoisotopic (exact) mass is 433 g/mol. The summed E-state index contributed by atoms with van der Waals surface area (Å²) in [5.41, 5.74) is 1.46. The van der Waals surface area contributed by atoms with Crippen LogP contribution in [0.4, 0.5) is 5.69 Å². The average molecular weight is 434 g/mol. The summed E-state index contributed by atoms with van der Waals surface area (Å²) >= 11 is 4.57. The summed E-state index contributed by atoms with van der Waals surface area (Å²) < 4.78 is 2.49. The van der Waals surface area contributed by atoms with Gasteiger partial charge in [0, 0.05) is 10.2 Å². The number of amides is 1. The number of hydrogen-bond donors (Lipinski definition) is 2. The van der Waals surface area contributed by atoms with Crippen LogP contribution in [0.2, 0.25) is 0 Å². The number of anilines is 1. The van der Waals surface area contributed by atoms with Crippen LogP contribution in [-0.4, -0.2) is 42.9 Å². The van der Waals surface area contributed by atoms with E-state index in [-0.39, 0.29) is 17.2 Å². The molecule has 0 aliphatic carbocycles. The number of carboxylic acid groups (broad SMARTS) is 1. The highest BCUT2D eigenvalue weighted by atomic mass is 79.9. The molecule has 10 heteroatoms. The lowest BCUT2D eigenvalue weighted by atomic mass is 10.2. The molecule has 0 saturated heterocycles. The number of nitrogens with one attached hydrogen (secondary N) is 1. The van der Waals surface area contributed by atoms with Crippen molar-refractivity contribution in [2.75, 3.05) is 11.1 Å². The highest BCUT2D eigenvalue weighted by molar-refractivity contribution is 9.10. The van der Waals surface area contributed by atoms with Gasteiger partial charge in [-0.2, -0.15) is 4.68 Å². The Hall–Kier alpha value is -2.72. The van der Waals surface area contributed by atoms with E-state index in [4.69, 9.17) is 5.11 Å². The first-order valence-corrected chi connectivity index (χ1v) is 9.11. The molecule has 0 unspecified atom stereocenters. The van der Waals surface area contributed by atoms with Gasteiger partial charge in [0.15, 0.2) is 0 Å². The Kier molecular flexibility index (Phi) is 5.64. The Labute approximate surface area is 160 Å². The fourth-order valence-corrected chi connectivity index (χ4v) is 2.99. The van der Waals surface area contributed by atoms with Crippen LogP contribution in [-0.2, 0) is 4.79 Å². The topological polar surface area (TPSA) is 110 Å². The van der Waals surface area contributed by atoms with Gasteiger partial charge in [-0.1, -0.05) is 27.7 Å². The van der Waals surface area contributed by atoms with Crippen molar-refractivity contribution in [3.63, 3.8) is 0 Å². The number of halogens is 1. The number of rotatable bonds is 6. The molecular weight excluding hydrogens is 422 g/mol. The van der Waals surface area contributed by atoms with Crippen LogP contribution in [0.25, 0.3) is 5.69 Å². The van der Waals surface area contributed by atoms with Gasteiger partial charge in [-0.05, 0) is 59.0 Å². The van der Waals surface area contributed by atoms with Gasteiger partial charge in [0.25, 0.3) is 0 Å². The molecule has 1 aromatic heterocycles. The number of benzene rings is 2. The number of nitrogens with zero attached hydrogens (tertiary/aromatic N) is 4. The molecule has 0 spiro atoms. The zero-order valence-corrected chi connectivity index (χ0v) is 15.6. The number of hydrogen-bond acceptors (Lipinski definition) is 6. The van der Waals surface area contributed by atoms with Gasteiger partial charge in [0.05, 0.1) is 17.0 Å². The molecule has 8 nitrogen and oxygen atoms in total. The minimum Gasteiger partial charge on any atom is -0.478 e. The summed E-state index contributed by atoms with van der Waals surface area (Å²) in [5.74, 6) is -1.15. The lowest BCUT2D eigenvalue weighted by molar-refractivity contribution is -0.113. The zero-order chi connectivity index (χ0) is 18.5. The minimum absolute atomic E-state index is 0.109. The number of tetrazole rings is 1. The third kappa shape index (κ3) is 4.46. The van der Waals surface area contributed by atoms with Crippen molar-refractivity contribution in [1.82, 2.24) is 20.2 Å². The van der Waals surface area contributed by atoms with Crippen LogP contribution in [0.3, 0.4) is 0 Å². The second-order valence-electron chi connectivity index (χ2n) is 5.07. The Bertz CT molecular complexity index is 928. The highest BCUT2D eigenvalue weighted by Gasteiger charge is 2.12. The Balaban J connectivity index is 1.61. The van der Waals surface area contributed by atoms with E-state index in [2.05, 4.69) is 36.8 Å². The maximum Gasteiger partial charge on any atom is 0.335 e. The van der Waals surface area contributed by atoms with Crippen molar-refractivity contribution in [3.8, 4) is 5.69 Å². The molecule has 0 radical (unpaired) electrons. The Morgan fingerprint density at radius 1 is 1.12 bits per heavy atom. The summed E-state index contributed by atoms with van der Waals surface area (Å²) in [6.07, 6.45) is 0. The van der Waals surface area contributed by atoms with Crippen molar-refractivity contribution >= 4 is 45.3 Å². The molecule has 26 heavy (non-hydrogen) atoms. The highest BCUT2D eigenvalue weighted by Crippen LogP contribution is 2.20. The van der Waals surface area contributed by atoms with Gasteiger partial charge in [-0.15, -0.1) is 5.10 Å². The third-order valence-electron chi connectivity index (χ3n) is 3.26. The van der Waals surface area contributed by atoms with Crippen LogP contribution in [0.1, 0.15) is 10.4 Å². The lowest BCUT2D eigenvalue weighted by Gasteiger charge is -2.06. The lowest BCUT2D eigenvalue weighted by Crippen LogP contribution is -2.14. The summed E-state index contributed by atoms with van der Waals surface area (Å²) in [4.78, 5) is 22.9. The fraction of sp³-hybridized carbons (Fsp3) is 0.0625. The molecule has 2 N–H and O–H groups in total. The molecule has 1 amide bonds. The van der Waals surface area contributed by atoms with E-state index in [0.717, 1.165) is 10.2 Å². The quantitative estimate of drug-likeness (QED) is 0.574. The molecule has 0 bridgehead atoms. The summed E-state index contributed by atoms with van der Waals surface area (Å²) in [5, 5.41) is 23.6. The number of aromatic carboxylic acids is 1. The first-order chi connectivity index (χ1) is 12.5. The van der Waals surface area contributed by atoms with Crippen LogP contribution >= 0.6 is 27.7 Å². The Morgan fingerprint density at radius 3 is 2.46 bits per heavy atom. The largest absolute Gasteiger partial charge is 0.478 e. The predicted octanol–water partition coefficient (Wildman–Crippen LogP) is 2.85. The fourth-order valence-electron chi connectivity index (χ4n) is 2.04. The van der Waals surface area contributed by atoms with Gasteiger partial charge in [0.1, 0.15) is 0 Å². The van der Waals surface area contributed by atoms with E-state index in [1.54, 1.807) is 4.68 Å². The smallest absolute Gasteiger partial charge is 0.335 e. The van der Waals surface area contributed by atoms with E-state index in [1.807, 2.05) is 24.3 Å². The maximum atomic E-state index is 12.1. The molecule has 3 rings (SSSR count). The maximum absolute atomic E-state index is 12.1. The second-order valence-corrected chi connectivity index (χ2v) is 6.93. The zero-order valence-electron chi connectivity index (χ0n) is 13.2. The van der Waals surface area contributed by atoms with E-state index in [9.17, 15) is 9.59 Å². The number of carboxylic acids is 1. The van der Waals surface area contributed by atoms with E-state index < -0.39 is 5.97 Å². The molecular formula is C16H12BrN5O3S. The van der Waals surface area contributed by atoms with Gasteiger partial charge in [-0.25, -0.2) is 4.79 Å². The van der Waals surface area contributed by atoms with Gasteiger partial charge < -0.3 is 10.4 Å².